The maximum Gasteiger partial charge on any atom is 0.317 e. The highest BCUT2D eigenvalue weighted by atomic mass is 16.4. The molecule has 1 saturated heterocycles. The van der Waals surface area contributed by atoms with Crippen molar-refractivity contribution in [3.63, 3.8) is 0 Å². The number of piperidine rings is 1. The lowest BCUT2D eigenvalue weighted by Gasteiger charge is -2.36. The fourth-order valence-corrected chi connectivity index (χ4v) is 2.26. The summed E-state index contributed by atoms with van der Waals surface area (Å²) in [5, 5.41) is 17.6. The van der Waals surface area contributed by atoms with Gasteiger partial charge >= 0.3 is 11.9 Å². The highest BCUT2D eigenvalue weighted by molar-refractivity contribution is 5.72. The molecule has 0 aromatic carbocycles. The maximum atomic E-state index is 10.7. The largest absolute Gasteiger partial charge is 0.480 e. The Labute approximate surface area is 101 Å². The first-order valence-electron chi connectivity index (χ1n) is 5.93. The van der Waals surface area contributed by atoms with Gasteiger partial charge in [-0.2, -0.15) is 0 Å². The molecular formula is C11H20N2O4. The van der Waals surface area contributed by atoms with Gasteiger partial charge in [0.1, 0.15) is 0 Å². The van der Waals surface area contributed by atoms with Gasteiger partial charge in [-0.3, -0.25) is 14.5 Å². The van der Waals surface area contributed by atoms with Crippen LogP contribution in [0.4, 0.5) is 0 Å². The molecule has 1 aliphatic rings. The number of carbonyl (C=O) groups is 2. The predicted molar refractivity (Wildman–Crippen MR) is 62.0 cm³/mol. The molecule has 2 N–H and O–H groups in total. The number of likely N-dealkylation sites (tertiary alicyclic amines) is 1. The third kappa shape index (κ3) is 4.70. The van der Waals surface area contributed by atoms with E-state index in [1.54, 1.807) is 4.90 Å². The van der Waals surface area contributed by atoms with Gasteiger partial charge < -0.3 is 15.1 Å². The molecule has 0 amide bonds. The van der Waals surface area contributed by atoms with Gasteiger partial charge in [-0.05, 0) is 32.5 Å². The highest BCUT2D eigenvalue weighted by Crippen LogP contribution is 2.16. The predicted octanol–water partition coefficient (Wildman–Crippen LogP) is -0.0581. The number of nitrogens with zero attached hydrogens (tertiary/aromatic N) is 2. The monoisotopic (exact) mass is 244 g/mol. The molecule has 0 bridgehead atoms. The van der Waals surface area contributed by atoms with Crippen LogP contribution < -0.4 is 0 Å². The van der Waals surface area contributed by atoms with E-state index in [0.717, 1.165) is 32.5 Å². The van der Waals surface area contributed by atoms with E-state index in [0.29, 0.717) is 0 Å². The molecule has 98 valence electrons. The second kappa shape index (κ2) is 6.56. The number of rotatable bonds is 6. The van der Waals surface area contributed by atoms with Gasteiger partial charge in [0.15, 0.2) is 0 Å². The summed E-state index contributed by atoms with van der Waals surface area (Å²) < 4.78 is 0. The number of hydrogen-bond acceptors (Lipinski definition) is 4. The summed E-state index contributed by atoms with van der Waals surface area (Å²) in [6.45, 7) is 4.52. The molecule has 1 rings (SSSR count). The van der Waals surface area contributed by atoms with Crippen LogP contribution in [0.1, 0.15) is 19.8 Å². The Bertz CT molecular complexity index is 259. The normalized spacial score (nSPS) is 18.5. The number of carboxylic acid groups (broad SMARTS) is 2. The molecule has 6 heteroatoms. The minimum atomic E-state index is -0.968. The molecule has 0 saturated carbocycles. The second-order valence-corrected chi connectivity index (χ2v) is 4.36. The van der Waals surface area contributed by atoms with Crippen LogP contribution in [-0.4, -0.2) is 70.7 Å². The summed E-state index contributed by atoms with van der Waals surface area (Å²) in [6, 6.07) is 0.0741. The standard InChI is InChI=1S/C11H20N2O4/c1-2-12-5-3-9(4-6-12)13(7-10(14)15)8-11(16)17/h9H,2-8H2,1H3,(H,14,15)(H,16,17). The Morgan fingerprint density at radius 1 is 1.18 bits per heavy atom. The molecule has 1 fully saturated rings. The van der Waals surface area contributed by atoms with Crippen LogP contribution in [0, 0.1) is 0 Å². The van der Waals surface area contributed by atoms with Crippen molar-refractivity contribution in [3.8, 4) is 0 Å². The van der Waals surface area contributed by atoms with Crippen LogP contribution in [0.15, 0.2) is 0 Å². The minimum Gasteiger partial charge on any atom is -0.480 e. The lowest BCUT2D eigenvalue weighted by molar-refractivity contribution is -0.143. The minimum absolute atomic E-state index is 0.0741. The summed E-state index contributed by atoms with van der Waals surface area (Å²) in [7, 11) is 0. The van der Waals surface area contributed by atoms with Crippen LogP contribution in [0.3, 0.4) is 0 Å². The van der Waals surface area contributed by atoms with E-state index in [9.17, 15) is 9.59 Å². The average molecular weight is 244 g/mol. The zero-order valence-corrected chi connectivity index (χ0v) is 10.1. The van der Waals surface area contributed by atoms with Gasteiger partial charge in [-0.15, -0.1) is 0 Å². The summed E-state index contributed by atoms with van der Waals surface area (Å²) in [5.74, 6) is -1.94. The van der Waals surface area contributed by atoms with Crippen molar-refractivity contribution in [1.29, 1.82) is 0 Å². The van der Waals surface area contributed by atoms with Crippen molar-refractivity contribution in [2.45, 2.75) is 25.8 Å². The van der Waals surface area contributed by atoms with E-state index in [4.69, 9.17) is 10.2 Å². The van der Waals surface area contributed by atoms with Crippen molar-refractivity contribution in [2.24, 2.45) is 0 Å². The van der Waals surface area contributed by atoms with Crippen molar-refractivity contribution in [2.75, 3.05) is 32.7 Å². The third-order valence-corrected chi connectivity index (χ3v) is 3.20. The molecule has 0 radical (unpaired) electrons. The van der Waals surface area contributed by atoms with Crippen molar-refractivity contribution >= 4 is 11.9 Å². The van der Waals surface area contributed by atoms with E-state index in [2.05, 4.69) is 11.8 Å². The van der Waals surface area contributed by atoms with E-state index >= 15 is 0 Å². The number of hydrogen-bond donors (Lipinski definition) is 2. The molecule has 17 heavy (non-hydrogen) atoms. The van der Waals surface area contributed by atoms with Gasteiger partial charge in [0.25, 0.3) is 0 Å². The Hall–Kier alpha value is -1.14. The van der Waals surface area contributed by atoms with Crippen LogP contribution in [0.5, 0.6) is 0 Å². The zero-order chi connectivity index (χ0) is 12.8. The number of carboxylic acids is 2. The van der Waals surface area contributed by atoms with E-state index < -0.39 is 11.9 Å². The molecular weight excluding hydrogens is 224 g/mol. The first-order chi connectivity index (χ1) is 8.02. The molecule has 0 aromatic rings. The fraction of sp³-hybridized carbons (Fsp3) is 0.818. The topological polar surface area (TPSA) is 81.1 Å². The quantitative estimate of drug-likeness (QED) is 0.681. The first kappa shape index (κ1) is 13.9. The van der Waals surface area contributed by atoms with Gasteiger partial charge in [0.05, 0.1) is 13.1 Å². The van der Waals surface area contributed by atoms with Crippen LogP contribution in [0.2, 0.25) is 0 Å². The Kier molecular flexibility index (Phi) is 5.37. The Morgan fingerprint density at radius 3 is 2.00 bits per heavy atom. The van der Waals surface area contributed by atoms with Gasteiger partial charge in [0, 0.05) is 6.04 Å². The van der Waals surface area contributed by atoms with Crippen molar-refractivity contribution < 1.29 is 19.8 Å². The molecule has 1 aliphatic heterocycles. The summed E-state index contributed by atoms with van der Waals surface area (Å²) >= 11 is 0. The molecule has 0 aromatic heterocycles. The molecule has 0 aliphatic carbocycles. The van der Waals surface area contributed by atoms with Crippen LogP contribution in [0.25, 0.3) is 0 Å². The molecule has 0 spiro atoms. The van der Waals surface area contributed by atoms with E-state index in [1.807, 2.05) is 0 Å². The molecule has 1 heterocycles. The van der Waals surface area contributed by atoms with Crippen molar-refractivity contribution in [3.05, 3.63) is 0 Å². The van der Waals surface area contributed by atoms with E-state index in [-0.39, 0.29) is 19.1 Å². The molecule has 0 atom stereocenters. The first-order valence-corrected chi connectivity index (χ1v) is 5.93. The number of aliphatic carboxylic acids is 2. The second-order valence-electron chi connectivity index (χ2n) is 4.36. The average Bonchev–Trinajstić information content (AvgIpc) is 2.27. The fourth-order valence-electron chi connectivity index (χ4n) is 2.26. The Morgan fingerprint density at radius 2 is 1.65 bits per heavy atom. The SMILES string of the molecule is CCN1CCC(N(CC(=O)O)CC(=O)O)CC1. The molecule has 6 nitrogen and oxygen atoms in total. The summed E-state index contributed by atoms with van der Waals surface area (Å²) in [4.78, 5) is 25.3. The maximum absolute atomic E-state index is 10.7. The summed E-state index contributed by atoms with van der Waals surface area (Å²) in [5.41, 5.74) is 0. The Balaban J connectivity index is 2.52. The van der Waals surface area contributed by atoms with E-state index in [1.165, 1.54) is 0 Å². The lowest BCUT2D eigenvalue weighted by atomic mass is 10.0. The third-order valence-electron chi connectivity index (χ3n) is 3.20. The van der Waals surface area contributed by atoms with Crippen LogP contribution >= 0.6 is 0 Å². The molecule has 0 unspecified atom stereocenters. The zero-order valence-electron chi connectivity index (χ0n) is 10.1. The van der Waals surface area contributed by atoms with Gasteiger partial charge in [-0.25, -0.2) is 0 Å². The lowest BCUT2D eigenvalue weighted by Crippen LogP contribution is -2.48. The van der Waals surface area contributed by atoms with Gasteiger partial charge in [0.2, 0.25) is 0 Å². The summed E-state index contributed by atoms with van der Waals surface area (Å²) in [6.07, 6.45) is 1.68. The van der Waals surface area contributed by atoms with Gasteiger partial charge in [-0.1, -0.05) is 6.92 Å². The van der Waals surface area contributed by atoms with Crippen molar-refractivity contribution in [1.82, 2.24) is 9.80 Å². The van der Waals surface area contributed by atoms with Crippen LogP contribution in [-0.2, 0) is 9.59 Å². The highest BCUT2D eigenvalue weighted by Gasteiger charge is 2.26. The smallest absolute Gasteiger partial charge is 0.317 e.